The lowest BCUT2D eigenvalue weighted by molar-refractivity contribution is 0.102. The minimum absolute atomic E-state index is 0.204. The molecule has 0 heterocycles. The third-order valence-corrected chi connectivity index (χ3v) is 3.17. The van der Waals surface area contributed by atoms with E-state index >= 15 is 0 Å². The van der Waals surface area contributed by atoms with Gasteiger partial charge in [0.15, 0.2) is 0 Å². The molecule has 0 atom stereocenters. The molecule has 20 heavy (non-hydrogen) atoms. The van der Waals surface area contributed by atoms with E-state index in [1.165, 1.54) is 0 Å². The van der Waals surface area contributed by atoms with Crippen LogP contribution in [0.4, 0.5) is 11.4 Å². The Balaban J connectivity index is 2.03. The first-order valence-electron chi connectivity index (χ1n) is 6.60. The highest BCUT2D eigenvalue weighted by Crippen LogP contribution is 2.18. The number of rotatable bonds is 5. The molecule has 0 aliphatic rings. The maximum atomic E-state index is 12.1. The van der Waals surface area contributed by atoms with Gasteiger partial charge in [-0.15, -0.1) is 0 Å². The zero-order chi connectivity index (χ0) is 14.4. The molecule has 0 aliphatic heterocycles. The Morgan fingerprint density at radius 3 is 2.35 bits per heavy atom. The van der Waals surface area contributed by atoms with E-state index in [-0.39, 0.29) is 5.91 Å². The molecule has 1 amide bonds. The Morgan fingerprint density at radius 1 is 1.05 bits per heavy atom. The molecule has 4 heteroatoms. The standard InChI is InChI=1S/C16H17ClN2O/c1-2-11-18-12-7-9-13(10-8-12)19-16(20)14-5-3-4-6-15(14)17/h3-10,18H,2,11H2,1H3,(H,19,20). The van der Waals surface area contributed by atoms with E-state index in [4.69, 9.17) is 11.6 Å². The third kappa shape index (κ3) is 3.75. The molecule has 0 fully saturated rings. The molecule has 0 unspecified atom stereocenters. The molecule has 2 rings (SSSR count). The minimum atomic E-state index is -0.204. The molecule has 0 radical (unpaired) electrons. The van der Waals surface area contributed by atoms with Crippen LogP contribution in [0.2, 0.25) is 5.02 Å². The van der Waals surface area contributed by atoms with E-state index < -0.39 is 0 Å². The number of hydrogen-bond acceptors (Lipinski definition) is 2. The molecule has 0 saturated heterocycles. The molecule has 3 nitrogen and oxygen atoms in total. The summed E-state index contributed by atoms with van der Waals surface area (Å²) in [5, 5.41) is 6.56. The fraction of sp³-hybridized carbons (Fsp3) is 0.188. The summed E-state index contributed by atoms with van der Waals surface area (Å²) in [5.74, 6) is -0.204. The molecular weight excluding hydrogens is 272 g/mol. The SMILES string of the molecule is CCCNc1ccc(NC(=O)c2ccccc2Cl)cc1. The Labute approximate surface area is 124 Å². The topological polar surface area (TPSA) is 41.1 Å². The van der Waals surface area contributed by atoms with Crippen LogP contribution in [0, 0.1) is 0 Å². The fourth-order valence-corrected chi connectivity index (χ4v) is 2.01. The van der Waals surface area contributed by atoms with Gasteiger partial charge in [0.25, 0.3) is 5.91 Å². The summed E-state index contributed by atoms with van der Waals surface area (Å²) in [6.07, 6.45) is 1.07. The molecule has 2 aromatic rings. The number of benzene rings is 2. The molecule has 2 aromatic carbocycles. The highest BCUT2D eigenvalue weighted by atomic mass is 35.5. The van der Waals surface area contributed by atoms with Gasteiger partial charge in [0.1, 0.15) is 0 Å². The van der Waals surface area contributed by atoms with Crippen LogP contribution in [-0.2, 0) is 0 Å². The van der Waals surface area contributed by atoms with Crippen LogP contribution >= 0.6 is 11.6 Å². The van der Waals surface area contributed by atoms with E-state index in [1.54, 1.807) is 24.3 Å². The molecule has 0 saturated carbocycles. The molecule has 0 spiro atoms. The number of carbonyl (C=O) groups is 1. The maximum Gasteiger partial charge on any atom is 0.257 e. The molecule has 0 aromatic heterocycles. The zero-order valence-electron chi connectivity index (χ0n) is 11.3. The van der Waals surface area contributed by atoms with Gasteiger partial charge in [0.05, 0.1) is 10.6 Å². The lowest BCUT2D eigenvalue weighted by Gasteiger charge is -2.08. The van der Waals surface area contributed by atoms with Gasteiger partial charge in [0, 0.05) is 17.9 Å². The highest BCUT2D eigenvalue weighted by Gasteiger charge is 2.09. The van der Waals surface area contributed by atoms with Crippen LogP contribution < -0.4 is 10.6 Å². The first-order valence-corrected chi connectivity index (χ1v) is 6.98. The van der Waals surface area contributed by atoms with Crippen molar-refractivity contribution in [3.05, 3.63) is 59.1 Å². The second-order valence-corrected chi connectivity index (χ2v) is 4.85. The predicted octanol–water partition coefficient (Wildman–Crippen LogP) is 4.41. The third-order valence-electron chi connectivity index (χ3n) is 2.84. The van der Waals surface area contributed by atoms with Gasteiger partial charge in [-0.3, -0.25) is 4.79 Å². The van der Waals surface area contributed by atoms with E-state index in [9.17, 15) is 4.79 Å². The van der Waals surface area contributed by atoms with Crippen molar-refractivity contribution in [3.63, 3.8) is 0 Å². The van der Waals surface area contributed by atoms with Gasteiger partial charge in [-0.1, -0.05) is 30.7 Å². The number of anilines is 2. The van der Waals surface area contributed by atoms with Crippen LogP contribution in [0.1, 0.15) is 23.7 Å². The van der Waals surface area contributed by atoms with Crippen molar-refractivity contribution in [2.45, 2.75) is 13.3 Å². The van der Waals surface area contributed by atoms with Crippen LogP contribution in [0.25, 0.3) is 0 Å². The summed E-state index contributed by atoms with van der Waals surface area (Å²) in [5.41, 5.74) is 2.27. The predicted molar refractivity (Wildman–Crippen MR) is 84.6 cm³/mol. The van der Waals surface area contributed by atoms with Crippen molar-refractivity contribution in [2.75, 3.05) is 17.2 Å². The number of nitrogens with one attached hydrogen (secondary N) is 2. The van der Waals surface area contributed by atoms with Gasteiger partial charge in [0.2, 0.25) is 0 Å². The summed E-state index contributed by atoms with van der Waals surface area (Å²) < 4.78 is 0. The van der Waals surface area contributed by atoms with Crippen molar-refractivity contribution in [3.8, 4) is 0 Å². The van der Waals surface area contributed by atoms with Crippen LogP contribution in [0.3, 0.4) is 0 Å². The fourth-order valence-electron chi connectivity index (χ4n) is 1.78. The van der Waals surface area contributed by atoms with Crippen LogP contribution in [0.15, 0.2) is 48.5 Å². The Hall–Kier alpha value is -2.00. The van der Waals surface area contributed by atoms with Crippen molar-refractivity contribution < 1.29 is 4.79 Å². The van der Waals surface area contributed by atoms with E-state index in [1.807, 2.05) is 24.3 Å². The van der Waals surface area contributed by atoms with Crippen molar-refractivity contribution in [2.24, 2.45) is 0 Å². The van der Waals surface area contributed by atoms with Crippen LogP contribution in [0.5, 0.6) is 0 Å². The second kappa shape index (κ2) is 6.96. The van der Waals surface area contributed by atoms with Crippen molar-refractivity contribution in [1.82, 2.24) is 0 Å². The summed E-state index contributed by atoms with van der Waals surface area (Å²) in [6.45, 7) is 3.05. The number of carbonyl (C=O) groups excluding carboxylic acids is 1. The Bertz CT molecular complexity index is 581. The Kier molecular flexibility index (Phi) is 5.02. The molecule has 104 valence electrons. The molecule has 2 N–H and O–H groups in total. The minimum Gasteiger partial charge on any atom is -0.385 e. The average molecular weight is 289 g/mol. The van der Waals surface area contributed by atoms with Gasteiger partial charge in [-0.05, 0) is 42.8 Å². The lowest BCUT2D eigenvalue weighted by atomic mass is 10.2. The molecule has 0 aliphatic carbocycles. The summed E-state index contributed by atoms with van der Waals surface area (Å²) in [6, 6.07) is 14.6. The normalized spacial score (nSPS) is 10.1. The molecular formula is C16H17ClN2O. The zero-order valence-corrected chi connectivity index (χ0v) is 12.1. The molecule has 0 bridgehead atoms. The van der Waals surface area contributed by atoms with E-state index in [0.717, 1.165) is 24.3 Å². The number of hydrogen-bond donors (Lipinski definition) is 2. The van der Waals surface area contributed by atoms with Crippen LogP contribution in [-0.4, -0.2) is 12.5 Å². The number of amides is 1. The van der Waals surface area contributed by atoms with Crippen molar-refractivity contribution >= 4 is 28.9 Å². The largest absolute Gasteiger partial charge is 0.385 e. The van der Waals surface area contributed by atoms with Gasteiger partial charge in [-0.25, -0.2) is 0 Å². The quantitative estimate of drug-likeness (QED) is 0.855. The second-order valence-electron chi connectivity index (χ2n) is 4.44. The lowest BCUT2D eigenvalue weighted by Crippen LogP contribution is -2.12. The van der Waals surface area contributed by atoms with Crippen molar-refractivity contribution in [1.29, 1.82) is 0 Å². The summed E-state index contributed by atoms with van der Waals surface area (Å²) >= 11 is 6.00. The summed E-state index contributed by atoms with van der Waals surface area (Å²) in [4.78, 5) is 12.1. The summed E-state index contributed by atoms with van der Waals surface area (Å²) in [7, 11) is 0. The smallest absolute Gasteiger partial charge is 0.257 e. The van der Waals surface area contributed by atoms with Gasteiger partial charge in [-0.2, -0.15) is 0 Å². The van der Waals surface area contributed by atoms with E-state index in [0.29, 0.717) is 10.6 Å². The van der Waals surface area contributed by atoms with Gasteiger partial charge < -0.3 is 10.6 Å². The highest BCUT2D eigenvalue weighted by molar-refractivity contribution is 6.34. The Morgan fingerprint density at radius 2 is 1.70 bits per heavy atom. The van der Waals surface area contributed by atoms with Gasteiger partial charge >= 0.3 is 0 Å². The van der Waals surface area contributed by atoms with E-state index in [2.05, 4.69) is 17.6 Å². The number of halogens is 1. The monoisotopic (exact) mass is 288 g/mol. The first kappa shape index (κ1) is 14.4. The average Bonchev–Trinajstić information content (AvgIpc) is 2.47. The first-order chi connectivity index (χ1) is 9.70. The maximum absolute atomic E-state index is 12.1.